The molecule has 2 rings (SSSR count). The summed E-state index contributed by atoms with van der Waals surface area (Å²) in [6.07, 6.45) is 0. The number of benzene rings is 1. The minimum Gasteiger partial charge on any atom is -0.332 e. The number of hydrogen-bond donors (Lipinski definition) is 1. The van der Waals surface area contributed by atoms with Gasteiger partial charge in [0.1, 0.15) is 12.4 Å². The highest BCUT2D eigenvalue weighted by atomic mass is 19.1. The van der Waals surface area contributed by atoms with Crippen LogP contribution in [0.2, 0.25) is 0 Å². The van der Waals surface area contributed by atoms with E-state index < -0.39 is 0 Å². The Morgan fingerprint density at radius 2 is 1.80 bits per heavy atom. The second-order valence-corrected chi connectivity index (χ2v) is 4.77. The van der Waals surface area contributed by atoms with Crippen molar-refractivity contribution >= 4 is 11.8 Å². The first-order valence-corrected chi connectivity index (χ1v) is 6.58. The van der Waals surface area contributed by atoms with Crippen LogP contribution in [-0.2, 0) is 22.7 Å². The number of carbonyl (C=O) groups is 2. The Labute approximate surface area is 117 Å². The van der Waals surface area contributed by atoms with Gasteiger partial charge in [-0.2, -0.15) is 0 Å². The second kappa shape index (κ2) is 6.00. The largest absolute Gasteiger partial charge is 0.332 e. The topological polar surface area (TPSA) is 66.6 Å². The fraction of sp³-hybridized carbons (Fsp3) is 0.429. The maximum absolute atomic E-state index is 13.2. The fourth-order valence-corrected chi connectivity index (χ4v) is 2.28. The molecule has 0 aliphatic carbocycles. The molecule has 5 nitrogen and oxygen atoms in total. The third-order valence-corrected chi connectivity index (χ3v) is 3.49. The van der Waals surface area contributed by atoms with Gasteiger partial charge in [0.2, 0.25) is 11.8 Å². The molecule has 0 saturated carbocycles. The van der Waals surface area contributed by atoms with Crippen molar-refractivity contribution in [1.82, 2.24) is 9.80 Å². The van der Waals surface area contributed by atoms with Gasteiger partial charge in [-0.3, -0.25) is 9.59 Å². The molecule has 1 fully saturated rings. The number of carbonyl (C=O) groups excluding carboxylic acids is 2. The maximum atomic E-state index is 13.2. The Hall–Kier alpha value is -1.95. The molecule has 2 N–H and O–H groups in total. The van der Waals surface area contributed by atoms with Gasteiger partial charge >= 0.3 is 0 Å². The van der Waals surface area contributed by atoms with Crippen molar-refractivity contribution in [2.24, 2.45) is 5.73 Å². The van der Waals surface area contributed by atoms with Crippen molar-refractivity contribution < 1.29 is 14.0 Å². The molecular formula is C14H18FN3O2. The van der Waals surface area contributed by atoms with Crippen LogP contribution in [0, 0.1) is 5.82 Å². The molecule has 1 aliphatic rings. The SMILES string of the molecule is CCN1CC(=O)N(Cc2ccc(F)cc2CN)CC1=O. The van der Waals surface area contributed by atoms with Gasteiger partial charge in [-0.25, -0.2) is 4.39 Å². The van der Waals surface area contributed by atoms with Gasteiger partial charge in [0, 0.05) is 19.6 Å². The smallest absolute Gasteiger partial charge is 0.242 e. The number of hydrogen-bond acceptors (Lipinski definition) is 3. The Morgan fingerprint density at radius 1 is 1.15 bits per heavy atom. The average molecular weight is 279 g/mol. The maximum Gasteiger partial charge on any atom is 0.242 e. The van der Waals surface area contributed by atoms with Crippen LogP contribution in [0.4, 0.5) is 4.39 Å². The summed E-state index contributed by atoms with van der Waals surface area (Å²) < 4.78 is 13.2. The van der Waals surface area contributed by atoms with E-state index >= 15 is 0 Å². The van der Waals surface area contributed by atoms with Crippen LogP contribution in [0.5, 0.6) is 0 Å². The summed E-state index contributed by atoms with van der Waals surface area (Å²) in [5.74, 6) is -0.519. The van der Waals surface area contributed by atoms with E-state index in [9.17, 15) is 14.0 Å². The number of halogens is 1. The molecule has 0 unspecified atom stereocenters. The van der Waals surface area contributed by atoms with Crippen LogP contribution in [-0.4, -0.2) is 41.2 Å². The monoisotopic (exact) mass is 279 g/mol. The number of nitrogens with zero attached hydrogens (tertiary/aromatic N) is 2. The highest BCUT2D eigenvalue weighted by Gasteiger charge is 2.29. The van der Waals surface area contributed by atoms with Gasteiger partial charge < -0.3 is 15.5 Å². The standard InChI is InChI=1S/C14H18FN3O2/c1-2-17-8-14(20)18(9-13(17)19)7-10-3-4-12(15)5-11(10)6-16/h3-5H,2,6-9,16H2,1H3. The van der Waals surface area contributed by atoms with Crippen molar-refractivity contribution in [2.75, 3.05) is 19.6 Å². The lowest BCUT2D eigenvalue weighted by atomic mass is 10.1. The number of nitrogens with two attached hydrogens (primary N) is 1. The first-order valence-electron chi connectivity index (χ1n) is 6.58. The normalized spacial score (nSPS) is 15.9. The molecule has 1 aliphatic heterocycles. The van der Waals surface area contributed by atoms with Crippen molar-refractivity contribution in [3.05, 3.63) is 35.1 Å². The first-order chi connectivity index (χ1) is 9.55. The van der Waals surface area contributed by atoms with Crippen molar-refractivity contribution in [3.8, 4) is 0 Å². The third-order valence-electron chi connectivity index (χ3n) is 3.49. The quantitative estimate of drug-likeness (QED) is 0.871. The van der Waals surface area contributed by atoms with E-state index in [1.165, 1.54) is 21.9 Å². The molecule has 1 aromatic carbocycles. The summed E-state index contributed by atoms with van der Waals surface area (Å²) in [6, 6.07) is 4.31. The molecule has 0 radical (unpaired) electrons. The molecular weight excluding hydrogens is 261 g/mol. The van der Waals surface area contributed by atoms with Crippen LogP contribution in [0.1, 0.15) is 18.1 Å². The van der Waals surface area contributed by atoms with Crippen LogP contribution in [0.25, 0.3) is 0 Å². The summed E-state index contributed by atoms with van der Waals surface area (Å²) in [5.41, 5.74) is 7.02. The Balaban J connectivity index is 2.14. The molecule has 0 spiro atoms. The van der Waals surface area contributed by atoms with Crippen molar-refractivity contribution in [2.45, 2.75) is 20.0 Å². The highest BCUT2D eigenvalue weighted by Crippen LogP contribution is 2.15. The van der Waals surface area contributed by atoms with E-state index in [0.717, 1.165) is 5.56 Å². The summed E-state index contributed by atoms with van der Waals surface area (Å²) >= 11 is 0. The van der Waals surface area contributed by atoms with Crippen molar-refractivity contribution in [3.63, 3.8) is 0 Å². The van der Waals surface area contributed by atoms with Gasteiger partial charge in [0.15, 0.2) is 0 Å². The predicted molar refractivity (Wildman–Crippen MR) is 72.0 cm³/mol. The fourth-order valence-electron chi connectivity index (χ4n) is 2.28. The van der Waals surface area contributed by atoms with Crippen LogP contribution in [0.15, 0.2) is 18.2 Å². The van der Waals surface area contributed by atoms with Crippen molar-refractivity contribution in [1.29, 1.82) is 0 Å². The summed E-state index contributed by atoms with van der Waals surface area (Å²) in [4.78, 5) is 26.8. The van der Waals surface area contributed by atoms with Gasteiger partial charge in [-0.1, -0.05) is 6.07 Å². The molecule has 20 heavy (non-hydrogen) atoms. The van der Waals surface area contributed by atoms with E-state index in [2.05, 4.69) is 0 Å². The molecule has 1 saturated heterocycles. The molecule has 1 heterocycles. The zero-order chi connectivity index (χ0) is 14.7. The van der Waals surface area contributed by atoms with Crippen LogP contribution >= 0.6 is 0 Å². The number of piperazine rings is 1. The lowest BCUT2D eigenvalue weighted by molar-refractivity contribution is -0.150. The summed E-state index contributed by atoms with van der Waals surface area (Å²) in [7, 11) is 0. The minimum absolute atomic E-state index is 0.0636. The Bertz CT molecular complexity index is 533. The summed E-state index contributed by atoms with van der Waals surface area (Å²) in [6.45, 7) is 3.03. The molecule has 0 atom stereocenters. The molecule has 1 aromatic rings. The average Bonchev–Trinajstić information content (AvgIpc) is 2.44. The second-order valence-electron chi connectivity index (χ2n) is 4.77. The highest BCUT2D eigenvalue weighted by molar-refractivity contribution is 5.92. The van der Waals surface area contributed by atoms with E-state index in [0.29, 0.717) is 12.1 Å². The molecule has 108 valence electrons. The van der Waals surface area contributed by atoms with Gasteiger partial charge in [0.25, 0.3) is 0 Å². The van der Waals surface area contributed by atoms with Gasteiger partial charge in [-0.05, 0) is 30.2 Å². The molecule has 0 bridgehead atoms. The predicted octanol–water partition coefficient (Wildman–Crippen LogP) is 0.475. The lowest BCUT2D eigenvalue weighted by Gasteiger charge is -2.33. The van der Waals surface area contributed by atoms with Gasteiger partial charge in [0.05, 0.1) is 6.54 Å². The number of amides is 2. The first kappa shape index (κ1) is 14.5. The van der Waals surface area contributed by atoms with Crippen LogP contribution < -0.4 is 5.73 Å². The van der Waals surface area contributed by atoms with E-state index in [4.69, 9.17) is 5.73 Å². The van der Waals surface area contributed by atoms with E-state index in [-0.39, 0.29) is 43.8 Å². The lowest BCUT2D eigenvalue weighted by Crippen LogP contribution is -2.53. The number of rotatable bonds is 4. The molecule has 0 aromatic heterocycles. The van der Waals surface area contributed by atoms with E-state index in [1.54, 1.807) is 6.07 Å². The zero-order valence-electron chi connectivity index (χ0n) is 11.4. The number of likely N-dealkylation sites (N-methyl/N-ethyl adjacent to an activating group) is 1. The van der Waals surface area contributed by atoms with Gasteiger partial charge in [-0.15, -0.1) is 0 Å². The molecule has 6 heteroatoms. The Morgan fingerprint density at radius 3 is 2.45 bits per heavy atom. The third kappa shape index (κ3) is 2.96. The van der Waals surface area contributed by atoms with Crippen LogP contribution in [0.3, 0.4) is 0 Å². The van der Waals surface area contributed by atoms with E-state index in [1.807, 2.05) is 6.92 Å². The zero-order valence-corrected chi connectivity index (χ0v) is 11.4. The summed E-state index contributed by atoms with van der Waals surface area (Å²) in [5, 5.41) is 0. The minimum atomic E-state index is -0.354. The Kier molecular flexibility index (Phi) is 4.34. The molecule has 2 amide bonds.